The summed E-state index contributed by atoms with van der Waals surface area (Å²) < 4.78 is 42.7. The number of aromatic nitrogens is 1. The third-order valence-corrected chi connectivity index (χ3v) is 5.41. The molecule has 0 radical (unpaired) electrons. The summed E-state index contributed by atoms with van der Waals surface area (Å²) in [4.78, 5) is 16.2. The molecule has 1 aromatic heterocycles. The Morgan fingerprint density at radius 3 is 2.68 bits per heavy atom. The maximum Gasteiger partial charge on any atom is 0.256 e. The number of sulfone groups is 1. The number of amides is 1. The molecule has 0 unspecified atom stereocenters. The molecule has 0 atom stereocenters. The fraction of sp³-hybridized carbons (Fsp3) is 0.250. The van der Waals surface area contributed by atoms with Crippen LogP contribution in [0.5, 0.6) is 5.75 Å². The maximum absolute atomic E-state index is 13.7. The second-order valence-electron chi connectivity index (χ2n) is 5.03. The third kappa shape index (κ3) is 4.26. The zero-order valence-corrected chi connectivity index (χ0v) is 15.1. The first-order valence-electron chi connectivity index (χ1n) is 7.28. The Morgan fingerprint density at radius 2 is 2.08 bits per heavy atom. The molecule has 134 valence electrons. The van der Waals surface area contributed by atoms with Crippen LogP contribution < -0.4 is 10.1 Å². The molecule has 6 nitrogen and oxygen atoms in total. The van der Waals surface area contributed by atoms with Crippen LogP contribution in [0.1, 0.15) is 22.8 Å². The van der Waals surface area contributed by atoms with E-state index in [-0.39, 0.29) is 33.7 Å². The van der Waals surface area contributed by atoms with Gasteiger partial charge in [-0.3, -0.25) is 4.79 Å². The number of nitrogens with one attached hydrogen (secondary N) is 1. The highest BCUT2D eigenvalue weighted by molar-refractivity contribution is 7.91. The molecule has 2 aromatic rings. The van der Waals surface area contributed by atoms with Crippen molar-refractivity contribution in [3.8, 4) is 5.75 Å². The molecule has 0 saturated carbocycles. The van der Waals surface area contributed by atoms with E-state index in [2.05, 4.69) is 10.3 Å². The van der Waals surface area contributed by atoms with Crippen molar-refractivity contribution >= 4 is 27.3 Å². The number of methoxy groups -OCH3 is 1. The fourth-order valence-electron chi connectivity index (χ4n) is 2.09. The summed E-state index contributed by atoms with van der Waals surface area (Å²) in [6.45, 7) is 1.43. The summed E-state index contributed by atoms with van der Waals surface area (Å²) in [6.07, 6.45) is 1.22. The van der Waals surface area contributed by atoms with Crippen LogP contribution >= 0.6 is 11.6 Å². The Bertz CT molecular complexity index is 903. The van der Waals surface area contributed by atoms with Crippen LogP contribution in [0.4, 0.5) is 4.39 Å². The van der Waals surface area contributed by atoms with Crippen molar-refractivity contribution in [1.82, 2.24) is 10.3 Å². The third-order valence-electron chi connectivity index (χ3n) is 3.44. The molecule has 0 aliphatic heterocycles. The van der Waals surface area contributed by atoms with Gasteiger partial charge in [-0.1, -0.05) is 24.6 Å². The average Bonchev–Trinajstić information content (AvgIpc) is 2.59. The van der Waals surface area contributed by atoms with E-state index in [0.29, 0.717) is 5.56 Å². The molecule has 9 heteroatoms. The van der Waals surface area contributed by atoms with E-state index < -0.39 is 21.6 Å². The lowest BCUT2D eigenvalue weighted by Crippen LogP contribution is -2.26. The number of carbonyl (C=O) groups excluding carboxylic acids is 1. The summed E-state index contributed by atoms with van der Waals surface area (Å²) in [5, 5.41) is 2.12. The Hall–Kier alpha value is -2.19. The minimum absolute atomic E-state index is 0.0173. The van der Waals surface area contributed by atoms with E-state index in [9.17, 15) is 17.6 Å². The number of halogens is 2. The van der Waals surface area contributed by atoms with Crippen LogP contribution in [0.15, 0.2) is 35.5 Å². The number of hydrogen-bond acceptors (Lipinski definition) is 5. The molecule has 2 rings (SSSR count). The minimum Gasteiger partial charge on any atom is -0.494 e. The van der Waals surface area contributed by atoms with Gasteiger partial charge in [0, 0.05) is 12.7 Å². The second kappa shape index (κ2) is 7.79. The van der Waals surface area contributed by atoms with Gasteiger partial charge in [0.25, 0.3) is 5.91 Å². The van der Waals surface area contributed by atoms with Gasteiger partial charge in [0.1, 0.15) is 0 Å². The summed E-state index contributed by atoms with van der Waals surface area (Å²) in [5.41, 5.74) is 0.256. The highest BCUT2D eigenvalue weighted by atomic mass is 35.5. The Morgan fingerprint density at radius 1 is 1.36 bits per heavy atom. The van der Waals surface area contributed by atoms with Crippen molar-refractivity contribution in [2.75, 3.05) is 12.9 Å². The molecule has 1 aromatic carbocycles. The largest absolute Gasteiger partial charge is 0.494 e. The number of hydrogen-bond donors (Lipinski definition) is 1. The van der Waals surface area contributed by atoms with E-state index in [0.717, 1.165) is 0 Å². The van der Waals surface area contributed by atoms with Gasteiger partial charge in [-0.15, -0.1) is 0 Å². The van der Waals surface area contributed by atoms with Gasteiger partial charge >= 0.3 is 0 Å². The normalized spacial score (nSPS) is 11.2. The van der Waals surface area contributed by atoms with Crippen molar-refractivity contribution in [3.05, 3.63) is 52.4 Å². The van der Waals surface area contributed by atoms with Gasteiger partial charge in [-0.2, -0.15) is 0 Å². The van der Waals surface area contributed by atoms with Crippen LogP contribution in [0.3, 0.4) is 0 Å². The van der Waals surface area contributed by atoms with Crippen LogP contribution in [0.2, 0.25) is 5.02 Å². The first kappa shape index (κ1) is 19.1. The molecular formula is C16H16ClFN2O4S. The van der Waals surface area contributed by atoms with Crippen LogP contribution in [0, 0.1) is 5.82 Å². The number of carbonyl (C=O) groups is 1. The van der Waals surface area contributed by atoms with Gasteiger partial charge in [-0.05, 0) is 23.8 Å². The van der Waals surface area contributed by atoms with Gasteiger partial charge in [-0.25, -0.2) is 17.8 Å². The van der Waals surface area contributed by atoms with Gasteiger partial charge in [0.05, 0.1) is 23.4 Å². The standard InChI is InChI=1S/C16H16ClFN2O4S/c1-3-25(22,23)16-14(11(17)6-7-19-16)15(21)20-9-10-4-5-13(24-2)12(18)8-10/h4-8H,3,9H2,1-2H3,(H,20,21). The molecule has 0 bridgehead atoms. The summed E-state index contributed by atoms with van der Waals surface area (Å²) in [5.74, 6) is -1.41. The highest BCUT2D eigenvalue weighted by Crippen LogP contribution is 2.23. The van der Waals surface area contributed by atoms with Crippen LogP contribution in [0.25, 0.3) is 0 Å². The van der Waals surface area contributed by atoms with E-state index in [4.69, 9.17) is 16.3 Å². The lowest BCUT2D eigenvalue weighted by Gasteiger charge is -2.11. The quantitative estimate of drug-likeness (QED) is 0.824. The Labute approximate surface area is 149 Å². The molecule has 1 N–H and O–H groups in total. The average molecular weight is 387 g/mol. The minimum atomic E-state index is -3.73. The van der Waals surface area contributed by atoms with Crippen molar-refractivity contribution < 1.29 is 22.3 Å². The molecule has 1 heterocycles. The second-order valence-corrected chi connectivity index (χ2v) is 7.63. The van der Waals surface area contributed by atoms with Crippen molar-refractivity contribution in [2.45, 2.75) is 18.5 Å². The Kier molecular flexibility index (Phi) is 5.97. The number of nitrogens with zero attached hydrogens (tertiary/aromatic N) is 1. The zero-order chi connectivity index (χ0) is 18.6. The first-order valence-corrected chi connectivity index (χ1v) is 9.31. The van der Waals surface area contributed by atoms with Crippen LogP contribution in [-0.4, -0.2) is 32.2 Å². The fourth-order valence-corrected chi connectivity index (χ4v) is 3.39. The van der Waals surface area contributed by atoms with Crippen molar-refractivity contribution in [1.29, 1.82) is 0 Å². The van der Waals surface area contributed by atoms with Gasteiger partial charge < -0.3 is 10.1 Å². The molecule has 0 saturated heterocycles. The van der Waals surface area contributed by atoms with E-state index in [1.165, 1.54) is 38.4 Å². The molecule has 25 heavy (non-hydrogen) atoms. The summed E-state index contributed by atoms with van der Waals surface area (Å²) in [6, 6.07) is 5.56. The molecule has 0 aliphatic rings. The number of pyridine rings is 1. The topological polar surface area (TPSA) is 85.4 Å². The smallest absolute Gasteiger partial charge is 0.256 e. The number of benzene rings is 1. The molecule has 0 spiro atoms. The highest BCUT2D eigenvalue weighted by Gasteiger charge is 2.25. The summed E-state index contributed by atoms with van der Waals surface area (Å²) >= 11 is 5.99. The summed E-state index contributed by atoms with van der Waals surface area (Å²) in [7, 11) is -2.38. The lowest BCUT2D eigenvalue weighted by molar-refractivity contribution is 0.0947. The SMILES string of the molecule is CCS(=O)(=O)c1nccc(Cl)c1C(=O)NCc1ccc(OC)c(F)c1. The zero-order valence-electron chi connectivity index (χ0n) is 13.5. The van der Waals surface area contributed by atoms with Crippen molar-refractivity contribution in [2.24, 2.45) is 0 Å². The van der Waals surface area contributed by atoms with Gasteiger partial charge in [0.2, 0.25) is 0 Å². The monoisotopic (exact) mass is 386 g/mol. The molecule has 1 amide bonds. The maximum atomic E-state index is 13.7. The Balaban J connectivity index is 2.26. The van der Waals surface area contributed by atoms with E-state index >= 15 is 0 Å². The predicted molar refractivity (Wildman–Crippen MR) is 91.1 cm³/mol. The molecule has 0 aliphatic carbocycles. The molecule has 0 fully saturated rings. The number of rotatable bonds is 6. The predicted octanol–water partition coefficient (Wildman–Crippen LogP) is 2.61. The lowest BCUT2D eigenvalue weighted by atomic mass is 10.2. The van der Waals surface area contributed by atoms with E-state index in [1.54, 1.807) is 6.07 Å². The van der Waals surface area contributed by atoms with Crippen molar-refractivity contribution in [3.63, 3.8) is 0 Å². The van der Waals surface area contributed by atoms with E-state index in [1.807, 2.05) is 0 Å². The van der Waals surface area contributed by atoms with Gasteiger partial charge in [0.15, 0.2) is 26.4 Å². The molecular weight excluding hydrogens is 371 g/mol. The van der Waals surface area contributed by atoms with Crippen LogP contribution in [-0.2, 0) is 16.4 Å². The first-order chi connectivity index (χ1) is 11.8. The number of ether oxygens (including phenoxy) is 1.